The summed E-state index contributed by atoms with van der Waals surface area (Å²) in [6.45, 7) is 3.44. The summed E-state index contributed by atoms with van der Waals surface area (Å²) in [4.78, 5) is 1.51. The Balaban J connectivity index is 1.76. The van der Waals surface area contributed by atoms with Gasteiger partial charge in [0.25, 0.3) is 0 Å². The van der Waals surface area contributed by atoms with Crippen molar-refractivity contribution in [3.8, 4) is 0 Å². The molecule has 1 nitrogen and oxygen atoms in total. The molecule has 16 heavy (non-hydrogen) atoms. The SMILES string of the molecule is CC(CNC1CC1)c1cc2ccccc2s1. The summed E-state index contributed by atoms with van der Waals surface area (Å²) in [5.74, 6) is 0.637. The molecule has 1 aromatic heterocycles. The summed E-state index contributed by atoms with van der Waals surface area (Å²) in [6.07, 6.45) is 2.75. The summed E-state index contributed by atoms with van der Waals surface area (Å²) in [7, 11) is 0. The van der Waals surface area contributed by atoms with Crippen LogP contribution in [0.3, 0.4) is 0 Å². The number of nitrogens with one attached hydrogen (secondary N) is 1. The molecule has 1 N–H and O–H groups in total. The average Bonchev–Trinajstić information content (AvgIpc) is 3.02. The average molecular weight is 231 g/mol. The van der Waals surface area contributed by atoms with Gasteiger partial charge < -0.3 is 5.32 Å². The Hall–Kier alpha value is -0.860. The number of hydrogen-bond acceptors (Lipinski definition) is 2. The molecule has 1 heterocycles. The first kappa shape index (κ1) is 10.3. The maximum Gasteiger partial charge on any atom is 0.0345 e. The van der Waals surface area contributed by atoms with Crippen LogP contribution >= 0.6 is 11.3 Å². The lowest BCUT2D eigenvalue weighted by molar-refractivity contribution is 0.618. The Morgan fingerprint density at radius 3 is 2.94 bits per heavy atom. The maximum absolute atomic E-state index is 3.61. The Bertz CT molecular complexity index is 451. The zero-order chi connectivity index (χ0) is 11.0. The van der Waals surface area contributed by atoms with Crippen LogP contribution in [0, 0.1) is 0 Å². The molecular weight excluding hydrogens is 214 g/mol. The van der Waals surface area contributed by atoms with Crippen LogP contribution in [0.25, 0.3) is 10.1 Å². The van der Waals surface area contributed by atoms with E-state index in [2.05, 4.69) is 42.6 Å². The molecule has 1 atom stereocenters. The molecule has 1 fully saturated rings. The maximum atomic E-state index is 3.61. The van der Waals surface area contributed by atoms with Gasteiger partial charge in [-0.3, -0.25) is 0 Å². The first-order valence-electron chi connectivity index (χ1n) is 6.05. The highest BCUT2D eigenvalue weighted by atomic mass is 32.1. The molecule has 2 aromatic rings. The van der Waals surface area contributed by atoms with Crippen molar-refractivity contribution in [1.82, 2.24) is 5.32 Å². The molecule has 1 aliphatic carbocycles. The van der Waals surface area contributed by atoms with E-state index in [0.717, 1.165) is 12.6 Å². The van der Waals surface area contributed by atoms with E-state index in [4.69, 9.17) is 0 Å². The van der Waals surface area contributed by atoms with Gasteiger partial charge in [0, 0.05) is 28.1 Å². The summed E-state index contributed by atoms with van der Waals surface area (Å²) < 4.78 is 1.41. The lowest BCUT2D eigenvalue weighted by atomic mass is 10.1. The summed E-state index contributed by atoms with van der Waals surface area (Å²) in [6, 6.07) is 11.8. The summed E-state index contributed by atoms with van der Waals surface area (Å²) >= 11 is 1.94. The smallest absolute Gasteiger partial charge is 0.0345 e. The number of hydrogen-bond donors (Lipinski definition) is 1. The minimum Gasteiger partial charge on any atom is -0.313 e. The third kappa shape index (κ3) is 2.13. The normalized spacial score (nSPS) is 17.8. The minimum atomic E-state index is 0.637. The fourth-order valence-corrected chi connectivity index (χ4v) is 3.09. The molecule has 2 heteroatoms. The molecule has 1 aromatic carbocycles. The van der Waals surface area contributed by atoms with Gasteiger partial charge in [-0.05, 0) is 30.4 Å². The molecule has 0 radical (unpaired) electrons. The number of rotatable bonds is 4. The largest absolute Gasteiger partial charge is 0.313 e. The molecular formula is C14H17NS. The Labute approximate surface area is 100 Å². The molecule has 0 aliphatic heterocycles. The van der Waals surface area contributed by atoms with Gasteiger partial charge in [-0.1, -0.05) is 25.1 Å². The van der Waals surface area contributed by atoms with E-state index in [-0.39, 0.29) is 0 Å². The lowest BCUT2D eigenvalue weighted by Gasteiger charge is -2.09. The van der Waals surface area contributed by atoms with E-state index in [1.807, 2.05) is 11.3 Å². The van der Waals surface area contributed by atoms with Crippen molar-refractivity contribution >= 4 is 21.4 Å². The van der Waals surface area contributed by atoms with E-state index >= 15 is 0 Å². The third-order valence-electron chi connectivity index (χ3n) is 3.22. The zero-order valence-electron chi connectivity index (χ0n) is 9.57. The van der Waals surface area contributed by atoms with Gasteiger partial charge in [-0.25, -0.2) is 0 Å². The van der Waals surface area contributed by atoms with Gasteiger partial charge in [-0.15, -0.1) is 11.3 Å². The van der Waals surface area contributed by atoms with Crippen LogP contribution in [0.4, 0.5) is 0 Å². The first-order valence-corrected chi connectivity index (χ1v) is 6.86. The van der Waals surface area contributed by atoms with Crippen molar-refractivity contribution in [3.05, 3.63) is 35.2 Å². The standard InChI is InChI=1S/C14H17NS/c1-10(9-15-12-6-7-12)14-8-11-4-2-3-5-13(11)16-14/h2-5,8,10,12,15H,6-7,9H2,1H3. The van der Waals surface area contributed by atoms with Crippen LogP contribution in [-0.2, 0) is 0 Å². The second-order valence-electron chi connectivity index (χ2n) is 4.77. The van der Waals surface area contributed by atoms with E-state index in [9.17, 15) is 0 Å². The van der Waals surface area contributed by atoms with Crippen molar-refractivity contribution in [2.45, 2.75) is 31.7 Å². The van der Waals surface area contributed by atoms with E-state index < -0.39 is 0 Å². The van der Waals surface area contributed by atoms with Crippen LogP contribution in [0.5, 0.6) is 0 Å². The molecule has 1 saturated carbocycles. The quantitative estimate of drug-likeness (QED) is 0.845. The summed E-state index contributed by atoms with van der Waals surface area (Å²) in [5.41, 5.74) is 0. The van der Waals surface area contributed by atoms with Crippen molar-refractivity contribution in [2.75, 3.05) is 6.54 Å². The number of thiophene rings is 1. The second-order valence-corrected chi connectivity index (χ2v) is 5.89. The monoisotopic (exact) mass is 231 g/mol. The van der Waals surface area contributed by atoms with Gasteiger partial charge in [0.15, 0.2) is 0 Å². The molecule has 1 unspecified atom stereocenters. The fraction of sp³-hybridized carbons (Fsp3) is 0.429. The second kappa shape index (κ2) is 4.19. The molecule has 0 bridgehead atoms. The fourth-order valence-electron chi connectivity index (χ4n) is 1.98. The highest BCUT2D eigenvalue weighted by molar-refractivity contribution is 7.19. The molecule has 3 rings (SSSR count). The van der Waals surface area contributed by atoms with Crippen molar-refractivity contribution in [3.63, 3.8) is 0 Å². The topological polar surface area (TPSA) is 12.0 Å². The molecule has 0 amide bonds. The van der Waals surface area contributed by atoms with Crippen LogP contribution in [0.2, 0.25) is 0 Å². The number of fused-ring (bicyclic) bond motifs is 1. The van der Waals surface area contributed by atoms with Crippen LogP contribution in [-0.4, -0.2) is 12.6 Å². The van der Waals surface area contributed by atoms with Gasteiger partial charge >= 0.3 is 0 Å². The van der Waals surface area contributed by atoms with Gasteiger partial charge in [0.05, 0.1) is 0 Å². The highest BCUT2D eigenvalue weighted by Crippen LogP contribution is 2.31. The molecule has 0 spiro atoms. The van der Waals surface area contributed by atoms with E-state index in [1.54, 1.807) is 0 Å². The number of benzene rings is 1. The van der Waals surface area contributed by atoms with Gasteiger partial charge in [0.1, 0.15) is 0 Å². The Morgan fingerprint density at radius 1 is 1.38 bits per heavy atom. The zero-order valence-corrected chi connectivity index (χ0v) is 10.4. The Morgan fingerprint density at radius 2 is 2.19 bits per heavy atom. The van der Waals surface area contributed by atoms with Crippen LogP contribution < -0.4 is 5.32 Å². The molecule has 0 saturated heterocycles. The highest BCUT2D eigenvalue weighted by Gasteiger charge is 2.21. The third-order valence-corrected chi connectivity index (χ3v) is 4.57. The van der Waals surface area contributed by atoms with Crippen molar-refractivity contribution in [1.29, 1.82) is 0 Å². The Kier molecular flexibility index (Phi) is 2.70. The first-order chi connectivity index (χ1) is 7.83. The minimum absolute atomic E-state index is 0.637. The molecule has 1 aliphatic rings. The van der Waals surface area contributed by atoms with E-state index in [0.29, 0.717) is 5.92 Å². The predicted molar refractivity (Wildman–Crippen MR) is 71.3 cm³/mol. The van der Waals surface area contributed by atoms with Crippen molar-refractivity contribution < 1.29 is 0 Å². The molecule has 84 valence electrons. The van der Waals surface area contributed by atoms with E-state index in [1.165, 1.54) is 27.8 Å². The predicted octanol–water partition coefficient (Wildman–Crippen LogP) is 3.76. The van der Waals surface area contributed by atoms with Gasteiger partial charge in [0.2, 0.25) is 0 Å². The van der Waals surface area contributed by atoms with Crippen molar-refractivity contribution in [2.24, 2.45) is 0 Å². The lowest BCUT2D eigenvalue weighted by Crippen LogP contribution is -2.21. The van der Waals surface area contributed by atoms with Crippen LogP contribution in [0.15, 0.2) is 30.3 Å². The van der Waals surface area contributed by atoms with Gasteiger partial charge in [-0.2, -0.15) is 0 Å². The summed E-state index contributed by atoms with van der Waals surface area (Å²) in [5, 5.41) is 5.00. The van der Waals surface area contributed by atoms with Crippen LogP contribution in [0.1, 0.15) is 30.6 Å².